The molecule has 0 bridgehead atoms. The summed E-state index contributed by atoms with van der Waals surface area (Å²) in [5.74, 6) is 0.674. The number of fused-ring (bicyclic) bond motifs is 1. The minimum absolute atomic E-state index is 0. The van der Waals surface area contributed by atoms with Crippen molar-refractivity contribution < 1.29 is 31.4 Å². The molecule has 1 atom stereocenters. The van der Waals surface area contributed by atoms with Gasteiger partial charge in [0.1, 0.15) is 5.75 Å². The summed E-state index contributed by atoms with van der Waals surface area (Å²) in [4.78, 5) is 17.6. The molecule has 1 aliphatic rings. The van der Waals surface area contributed by atoms with E-state index >= 15 is 0 Å². The quantitative estimate of drug-likeness (QED) is 0.167. The van der Waals surface area contributed by atoms with Gasteiger partial charge in [-0.3, -0.25) is 4.79 Å². The number of carbonyl (C=O) groups is 1. The fourth-order valence-electron chi connectivity index (χ4n) is 5.47. The Hall–Kier alpha value is -3.88. The van der Waals surface area contributed by atoms with E-state index in [1.165, 1.54) is 0 Å². The van der Waals surface area contributed by atoms with Crippen molar-refractivity contribution in [3.8, 4) is 5.75 Å². The van der Waals surface area contributed by atoms with Crippen LogP contribution in [0.15, 0.2) is 94.8 Å². The number of anilines is 1. The van der Waals surface area contributed by atoms with Gasteiger partial charge in [-0.2, -0.15) is 5.10 Å². The molecule has 41 heavy (non-hydrogen) atoms. The minimum atomic E-state index is -0.489. The maximum absolute atomic E-state index is 13.5. The van der Waals surface area contributed by atoms with Gasteiger partial charge in [-0.1, -0.05) is 36.4 Å². The molecule has 4 rings (SSSR count). The van der Waals surface area contributed by atoms with Crippen molar-refractivity contribution in [3.05, 3.63) is 107 Å². The summed E-state index contributed by atoms with van der Waals surface area (Å²) in [5.41, 5.74) is 5.05. The van der Waals surface area contributed by atoms with Gasteiger partial charge in [0, 0.05) is 64.3 Å². The Morgan fingerprint density at radius 3 is 2.37 bits per heavy atom. The number of benzene rings is 3. The average Bonchev–Trinajstić information content (AvgIpc) is 3.22. The van der Waals surface area contributed by atoms with E-state index < -0.39 is 5.41 Å². The normalized spacial score (nSPS) is 17.4. The van der Waals surface area contributed by atoms with Gasteiger partial charge in [0.2, 0.25) is 5.90 Å². The van der Waals surface area contributed by atoms with Gasteiger partial charge in [0.25, 0.3) is 5.91 Å². The number of nitrogens with zero attached hydrogens (tertiary/aromatic N) is 4. The van der Waals surface area contributed by atoms with E-state index in [0.29, 0.717) is 25.1 Å². The van der Waals surface area contributed by atoms with Crippen LogP contribution in [0.3, 0.4) is 0 Å². The van der Waals surface area contributed by atoms with Crippen LogP contribution in [0.1, 0.15) is 54.7 Å². The van der Waals surface area contributed by atoms with Crippen molar-refractivity contribution in [2.24, 2.45) is 10.2 Å². The van der Waals surface area contributed by atoms with Crippen LogP contribution >= 0.6 is 0 Å². The number of hydrogen-bond donors (Lipinski definition) is 1. The van der Waals surface area contributed by atoms with Crippen molar-refractivity contribution >= 4 is 23.7 Å². The van der Waals surface area contributed by atoms with E-state index in [9.17, 15) is 9.90 Å². The van der Waals surface area contributed by atoms with Crippen molar-refractivity contribution in [1.82, 2.24) is 4.90 Å². The average molecular weight is 598 g/mol. The molecule has 1 amide bonds. The number of aliphatic hydroxyl groups is 1. The molecule has 0 saturated carbocycles. The predicted octanol–water partition coefficient (Wildman–Crippen LogP) is 6.39. The van der Waals surface area contributed by atoms with E-state index in [1.807, 2.05) is 73.4 Å². The van der Waals surface area contributed by atoms with Gasteiger partial charge in [-0.25, -0.2) is 0 Å². The summed E-state index contributed by atoms with van der Waals surface area (Å²) in [5, 5.41) is 18.5. The molecule has 0 saturated heterocycles. The number of carbonyl (C=O) groups excluding carboxylic acids is 1. The number of ether oxygens (including phenoxy) is 1. The second-order valence-electron chi connectivity index (χ2n) is 9.88. The van der Waals surface area contributed by atoms with Crippen LogP contribution < -0.4 is 9.64 Å². The number of aliphatic hydroxyl groups excluding tert-OH is 1. The summed E-state index contributed by atoms with van der Waals surface area (Å²) in [6.07, 6.45) is 4.17. The number of methoxy groups -OCH3 is 1. The second-order valence-corrected chi connectivity index (χ2v) is 9.88. The van der Waals surface area contributed by atoms with E-state index in [-0.39, 0.29) is 28.6 Å². The molecule has 1 unspecified atom stereocenters. The van der Waals surface area contributed by atoms with Gasteiger partial charge in [0.05, 0.1) is 13.3 Å². The number of amides is 1. The van der Waals surface area contributed by atoms with Gasteiger partial charge in [-0.15, -0.1) is 5.10 Å². The van der Waals surface area contributed by atoms with Gasteiger partial charge >= 0.3 is 0 Å². The van der Waals surface area contributed by atoms with Gasteiger partial charge < -0.3 is 19.6 Å². The van der Waals surface area contributed by atoms with Crippen molar-refractivity contribution in [2.75, 3.05) is 31.6 Å². The molecule has 1 N–H and O–H groups in total. The molecule has 3 aromatic rings. The molecule has 8 heteroatoms. The van der Waals surface area contributed by atoms with Crippen LogP contribution in [-0.2, 0) is 28.6 Å². The molecule has 3 aromatic carbocycles. The first-order valence-corrected chi connectivity index (χ1v) is 13.8. The molecule has 1 heterocycles. The first kappa shape index (κ1) is 31.6. The Kier molecular flexibility index (Phi) is 10.9. The Bertz CT molecular complexity index is 1430. The summed E-state index contributed by atoms with van der Waals surface area (Å²) in [6.45, 7) is 10.4. The second kappa shape index (κ2) is 14.1. The Morgan fingerprint density at radius 1 is 1.02 bits per heavy atom. The number of allylic oxidation sites excluding steroid dienone is 2. The zero-order valence-corrected chi connectivity index (χ0v) is 25.3. The van der Waals surface area contributed by atoms with Crippen molar-refractivity contribution in [1.29, 1.82) is 0 Å². The Morgan fingerprint density at radius 2 is 1.71 bits per heavy atom. The van der Waals surface area contributed by atoms with Crippen LogP contribution in [0.5, 0.6) is 5.75 Å². The van der Waals surface area contributed by atoms with Crippen LogP contribution in [0.25, 0.3) is 0 Å². The van der Waals surface area contributed by atoms with Crippen molar-refractivity contribution in [2.45, 2.75) is 39.5 Å². The van der Waals surface area contributed by atoms with E-state index in [1.54, 1.807) is 25.5 Å². The first-order valence-electron chi connectivity index (χ1n) is 13.8. The smallest absolute Gasteiger partial charge is 0.254 e. The van der Waals surface area contributed by atoms with E-state index in [2.05, 4.69) is 41.1 Å². The van der Waals surface area contributed by atoms with Crippen LogP contribution in [0.4, 0.5) is 5.69 Å². The van der Waals surface area contributed by atoms with Gasteiger partial charge in [0.15, 0.2) is 0 Å². The summed E-state index contributed by atoms with van der Waals surface area (Å²) in [6, 6.07) is 23.1. The largest absolute Gasteiger partial charge is 0.497 e. The number of likely N-dealkylation sites (N-methyl/N-ethyl adjacent to an activating group) is 1. The molecule has 0 spiro atoms. The molecule has 0 fully saturated rings. The molecule has 217 valence electrons. The SMILES string of the molecule is CCN(CC)C(=O)c1ccccc1CC1(C)/C(=C/C=N/N=C(\O)c2ccccc2)N(CC)c2ccc(OC)cc21.[Co]. The Balaban J connectivity index is 0.00000462. The zero-order valence-electron chi connectivity index (χ0n) is 24.3. The molecule has 0 aliphatic carbocycles. The molecule has 1 aliphatic heterocycles. The monoisotopic (exact) mass is 597 g/mol. The number of rotatable bonds is 10. The minimum Gasteiger partial charge on any atom is -0.497 e. The van der Waals surface area contributed by atoms with E-state index in [0.717, 1.165) is 40.4 Å². The zero-order chi connectivity index (χ0) is 28.7. The molecule has 0 aromatic heterocycles. The summed E-state index contributed by atoms with van der Waals surface area (Å²) in [7, 11) is 1.67. The van der Waals surface area contributed by atoms with Gasteiger partial charge in [-0.05, 0) is 87.7 Å². The molecular formula is C33H38CoN4O3. The van der Waals surface area contributed by atoms with Crippen LogP contribution in [0, 0.1) is 0 Å². The molecule has 7 nitrogen and oxygen atoms in total. The van der Waals surface area contributed by atoms with E-state index in [4.69, 9.17) is 4.74 Å². The van der Waals surface area contributed by atoms with Crippen LogP contribution in [0.2, 0.25) is 0 Å². The summed E-state index contributed by atoms with van der Waals surface area (Å²) >= 11 is 0. The predicted molar refractivity (Wildman–Crippen MR) is 163 cm³/mol. The summed E-state index contributed by atoms with van der Waals surface area (Å²) < 4.78 is 5.61. The first-order chi connectivity index (χ1) is 19.4. The molecular weight excluding hydrogens is 559 g/mol. The topological polar surface area (TPSA) is 77.7 Å². The third-order valence-electron chi connectivity index (χ3n) is 7.59. The van der Waals surface area contributed by atoms with Crippen LogP contribution in [-0.4, -0.2) is 54.8 Å². The van der Waals surface area contributed by atoms with Crippen molar-refractivity contribution in [3.63, 3.8) is 0 Å². The standard InChI is InChI=1S/C33H38N4O3.Co/c1-6-36(7-2)32(39)27-17-13-12-16-25(27)23-33(4)28-22-26(40-5)18-19-29(28)37(8-3)30(33)20-21-34-35-31(38)24-14-10-9-11-15-24;/h9-22H,6-8,23H2,1-5H3,(H,35,38);/b30-20-,34-21+;. The third kappa shape index (κ3) is 6.55. The maximum atomic E-state index is 13.5. The Labute approximate surface area is 253 Å². The molecule has 1 radical (unpaired) electrons. The third-order valence-corrected chi connectivity index (χ3v) is 7.59. The fraction of sp³-hybridized carbons (Fsp3) is 0.303. The fourth-order valence-corrected chi connectivity index (χ4v) is 5.47. The number of hydrogen-bond acceptors (Lipinski definition) is 5. The maximum Gasteiger partial charge on any atom is 0.254 e.